The van der Waals surface area contributed by atoms with Gasteiger partial charge in [0.2, 0.25) is 0 Å². The Kier molecular flexibility index (Phi) is 4.56. The molecule has 0 saturated carbocycles. The van der Waals surface area contributed by atoms with Crippen LogP contribution < -0.4 is 0 Å². The Morgan fingerprint density at radius 3 is 2.47 bits per heavy atom. The van der Waals surface area contributed by atoms with Crippen LogP contribution in [-0.4, -0.2) is 32.5 Å². The molecule has 0 aliphatic carbocycles. The molecule has 17 heavy (non-hydrogen) atoms. The van der Waals surface area contributed by atoms with Crippen LogP contribution in [0, 0.1) is 5.82 Å². The summed E-state index contributed by atoms with van der Waals surface area (Å²) in [5.74, 6) is -1.98. The van der Waals surface area contributed by atoms with E-state index in [-0.39, 0.29) is 11.1 Å². The van der Waals surface area contributed by atoms with Crippen molar-refractivity contribution >= 4 is 5.97 Å². The van der Waals surface area contributed by atoms with E-state index >= 15 is 0 Å². The summed E-state index contributed by atoms with van der Waals surface area (Å²) in [5.41, 5.74) is 0.127. The number of aliphatic carboxylic acids is 1. The third kappa shape index (κ3) is 3.48. The van der Waals surface area contributed by atoms with E-state index in [2.05, 4.69) is 0 Å². The Morgan fingerprint density at radius 1 is 1.35 bits per heavy atom. The molecular formula is C11H13FO5. The molecule has 0 fully saturated rings. The van der Waals surface area contributed by atoms with E-state index in [1.807, 2.05) is 0 Å². The van der Waals surface area contributed by atoms with Crippen LogP contribution in [-0.2, 0) is 11.4 Å². The molecule has 1 rings (SSSR count). The van der Waals surface area contributed by atoms with Gasteiger partial charge in [0.25, 0.3) is 0 Å². The van der Waals surface area contributed by atoms with E-state index in [1.54, 1.807) is 0 Å². The first-order valence-corrected chi connectivity index (χ1v) is 4.92. The van der Waals surface area contributed by atoms with Crippen molar-refractivity contribution in [2.75, 3.05) is 0 Å². The van der Waals surface area contributed by atoms with Crippen molar-refractivity contribution in [3.8, 4) is 0 Å². The molecule has 0 aliphatic rings. The van der Waals surface area contributed by atoms with E-state index in [9.17, 15) is 19.4 Å². The fraction of sp³-hybridized carbons (Fsp3) is 0.364. The second-order valence-electron chi connectivity index (χ2n) is 3.62. The molecule has 94 valence electrons. The standard InChI is InChI=1S/C11H13FO5/c12-8-3-6(1-2-7(8)5-13)11(17)9(14)4-10(15)16/h1-3,9,11,13-14,17H,4-5H2,(H,15,16). The zero-order valence-corrected chi connectivity index (χ0v) is 8.88. The summed E-state index contributed by atoms with van der Waals surface area (Å²) < 4.78 is 13.3. The molecule has 5 nitrogen and oxygen atoms in total. The Morgan fingerprint density at radius 2 is 2.00 bits per heavy atom. The number of carboxylic acids is 1. The highest BCUT2D eigenvalue weighted by atomic mass is 19.1. The number of hydrogen-bond acceptors (Lipinski definition) is 4. The van der Waals surface area contributed by atoms with Crippen molar-refractivity contribution in [1.82, 2.24) is 0 Å². The van der Waals surface area contributed by atoms with Gasteiger partial charge in [-0.25, -0.2) is 4.39 Å². The molecule has 0 amide bonds. The van der Waals surface area contributed by atoms with Crippen molar-refractivity contribution < 1.29 is 29.6 Å². The number of hydrogen-bond donors (Lipinski definition) is 4. The lowest BCUT2D eigenvalue weighted by molar-refractivity contribution is -0.141. The van der Waals surface area contributed by atoms with Gasteiger partial charge >= 0.3 is 5.97 Å². The van der Waals surface area contributed by atoms with Gasteiger partial charge in [0.05, 0.1) is 19.1 Å². The first-order chi connectivity index (χ1) is 7.95. The molecule has 1 aromatic carbocycles. The quantitative estimate of drug-likeness (QED) is 0.592. The predicted molar refractivity (Wildman–Crippen MR) is 55.5 cm³/mol. The lowest BCUT2D eigenvalue weighted by Gasteiger charge is -2.16. The summed E-state index contributed by atoms with van der Waals surface area (Å²) in [6.07, 6.45) is -3.62. The van der Waals surface area contributed by atoms with Gasteiger partial charge in [0.1, 0.15) is 11.9 Å². The molecule has 0 saturated heterocycles. The minimum atomic E-state index is -1.51. The highest BCUT2D eigenvalue weighted by Gasteiger charge is 2.21. The SMILES string of the molecule is O=C(O)CC(O)C(O)c1ccc(CO)c(F)c1. The van der Waals surface area contributed by atoms with Crippen molar-refractivity contribution in [2.45, 2.75) is 25.2 Å². The Balaban J connectivity index is 2.85. The van der Waals surface area contributed by atoms with E-state index in [4.69, 9.17) is 10.2 Å². The highest BCUT2D eigenvalue weighted by molar-refractivity contribution is 5.67. The Bertz CT molecular complexity index is 407. The summed E-state index contributed by atoms with van der Waals surface area (Å²) in [6, 6.07) is 3.55. The minimum Gasteiger partial charge on any atom is -0.481 e. The van der Waals surface area contributed by atoms with Crippen LogP contribution in [0.4, 0.5) is 4.39 Å². The van der Waals surface area contributed by atoms with E-state index in [0.717, 1.165) is 6.07 Å². The van der Waals surface area contributed by atoms with Crippen molar-refractivity contribution in [3.63, 3.8) is 0 Å². The van der Waals surface area contributed by atoms with Crippen LogP contribution in [0.3, 0.4) is 0 Å². The van der Waals surface area contributed by atoms with Gasteiger partial charge in [0.15, 0.2) is 0 Å². The van der Waals surface area contributed by atoms with Crippen LogP contribution in [0.1, 0.15) is 23.7 Å². The predicted octanol–water partition coefficient (Wildman–Crippen LogP) is 0.187. The lowest BCUT2D eigenvalue weighted by atomic mass is 10.0. The fourth-order valence-corrected chi connectivity index (χ4v) is 1.39. The summed E-state index contributed by atoms with van der Waals surface area (Å²) >= 11 is 0. The van der Waals surface area contributed by atoms with Crippen LogP contribution >= 0.6 is 0 Å². The Hall–Kier alpha value is -1.50. The monoisotopic (exact) mass is 244 g/mol. The normalized spacial score (nSPS) is 14.4. The molecule has 6 heteroatoms. The minimum absolute atomic E-state index is 0.0634. The molecule has 1 aromatic rings. The number of halogens is 1. The third-order valence-electron chi connectivity index (χ3n) is 2.34. The van der Waals surface area contributed by atoms with Gasteiger partial charge in [-0.1, -0.05) is 12.1 Å². The van der Waals surface area contributed by atoms with Gasteiger partial charge in [-0.3, -0.25) is 4.79 Å². The summed E-state index contributed by atoms with van der Waals surface area (Å²) in [4.78, 5) is 10.3. The van der Waals surface area contributed by atoms with E-state index in [0.29, 0.717) is 0 Å². The maximum atomic E-state index is 13.3. The third-order valence-corrected chi connectivity index (χ3v) is 2.34. The number of rotatable bonds is 5. The number of benzene rings is 1. The number of aliphatic hydroxyl groups excluding tert-OH is 3. The van der Waals surface area contributed by atoms with Crippen LogP contribution in [0.15, 0.2) is 18.2 Å². The molecule has 0 spiro atoms. The molecule has 2 unspecified atom stereocenters. The Labute approximate surface area is 96.8 Å². The molecular weight excluding hydrogens is 231 g/mol. The number of aliphatic hydroxyl groups is 3. The maximum absolute atomic E-state index is 13.3. The zero-order valence-electron chi connectivity index (χ0n) is 8.88. The van der Waals surface area contributed by atoms with E-state index in [1.165, 1.54) is 12.1 Å². The molecule has 0 heterocycles. The van der Waals surface area contributed by atoms with Gasteiger partial charge in [-0.05, 0) is 11.6 Å². The molecule has 4 N–H and O–H groups in total. The number of carboxylic acid groups (broad SMARTS) is 1. The molecule has 2 atom stereocenters. The van der Waals surface area contributed by atoms with Crippen molar-refractivity contribution in [1.29, 1.82) is 0 Å². The smallest absolute Gasteiger partial charge is 0.306 e. The fourth-order valence-electron chi connectivity index (χ4n) is 1.39. The summed E-state index contributed by atoms with van der Waals surface area (Å²) in [5, 5.41) is 36.1. The molecule has 0 bridgehead atoms. The van der Waals surface area contributed by atoms with Crippen molar-refractivity contribution in [3.05, 3.63) is 35.1 Å². The first-order valence-electron chi connectivity index (χ1n) is 4.92. The topological polar surface area (TPSA) is 98.0 Å². The molecule has 0 aromatic heterocycles. The van der Waals surface area contributed by atoms with Crippen LogP contribution in [0.5, 0.6) is 0 Å². The van der Waals surface area contributed by atoms with E-state index < -0.39 is 37.0 Å². The largest absolute Gasteiger partial charge is 0.481 e. The zero-order chi connectivity index (χ0) is 13.0. The average Bonchev–Trinajstić information content (AvgIpc) is 2.27. The van der Waals surface area contributed by atoms with Gasteiger partial charge in [-0.15, -0.1) is 0 Å². The molecule has 0 aliphatic heterocycles. The second kappa shape index (κ2) is 5.72. The van der Waals surface area contributed by atoms with Crippen molar-refractivity contribution in [2.24, 2.45) is 0 Å². The van der Waals surface area contributed by atoms with Gasteiger partial charge in [0, 0.05) is 5.56 Å². The lowest BCUT2D eigenvalue weighted by Crippen LogP contribution is -2.21. The second-order valence-corrected chi connectivity index (χ2v) is 3.62. The summed E-state index contributed by atoms with van der Waals surface area (Å²) in [7, 11) is 0. The maximum Gasteiger partial charge on any atom is 0.306 e. The molecule has 0 radical (unpaired) electrons. The van der Waals surface area contributed by atoms with Gasteiger partial charge in [-0.2, -0.15) is 0 Å². The van der Waals surface area contributed by atoms with Gasteiger partial charge < -0.3 is 20.4 Å². The first kappa shape index (κ1) is 13.6. The average molecular weight is 244 g/mol. The number of carbonyl (C=O) groups is 1. The van der Waals surface area contributed by atoms with Crippen LogP contribution in [0.25, 0.3) is 0 Å². The summed E-state index contributed by atoms with van der Waals surface area (Å²) in [6.45, 7) is -0.472. The highest BCUT2D eigenvalue weighted by Crippen LogP contribution is 2.21. The van der Waals surface area contributed by atoms with Crippen LogP contribution in [0.2, 0.25) is 0 Å².